The Labute approximate surface area is 61.5 Å². The number of rotatable bonds is 3. The summed E-state index contributed by atoms with van der Waals surface area (Å²) in [6.07, 6.45) is 4.66. The summed E-state index contributed by atoms with van der Waals surface area (Å²) in [5, 5.41) is 8.50. The van der Waals surface area contributed by atoms with E-state index in [9.17, 15) is 0 Å². The van der Waals surface area contributed by atoms with E-state index in [4.69, 9.17) is 5.11 Å². The smallest absolute Gasteiger partial charge is 0.207 e. The maximum absolute atomic E-state index is 8.50. The van der Waals surface area contributed by atoms with E-state index >= 15 is 0 Å². The first kappa shape index (κ1) is 7.41. The summed E-state index contributed by atoms with van der Waals surface area (Å²) in [5.41, 5.74) is 0. The van der Waals surface area contributed by atoms with Crippen molar-refractivity contribution in [3.8, 4) is 0 Å². The highest BCUT2D eigenvalue weighted by atomic mass is 16.3. The molecule has 0 aromatic rings. The van der Waals surface area contributed by atoms with Gasteiger partial charge in [0.25, 0.3) is 0 Å². The van der Waals surface area contributed by atoms with E-state index in [0.717, 1.165) is 13.0 Å². The summed E-state index contributed by atoms with van der Waals surface area (Å²) in [4.78, 5) is 3.79. The highest BCUT2D eigenvalue weighted by Crippen LogP contribution is 2.07. The first-order chi connectivity index (χ1) is 4.83. The van der Waals surface area contributed by atoms with Gasteiger partial charge in [-0.2, -0.15) is 0 Å². The van der Waals surface area contributed by atoms with Crippen molar-refractivity contribution in [3.05, 3.63) is 19.1 Å². The second-order valence-corrected chi connectivity index (χ2v) is 2.28. The van der Waals surface area contributed by atoms with Gasteiger partial charge in [-0.05, 0) is 6.42 Å². The third kappa shape index (κ3) is 1.92. The Hall–Kier alpha value is -0.700. The van der Waals surface area contributed by atoms with E-state index in [1.165, 1.54) is 0 Å². The van der Waals surface area contributed by atoms with Crippen molar-refractivity contribution >= 4 is 0 Å². The molecule has 0 spiro atoms. The molecule has 10 heavy (non-hydrogen) atoms. The van der Waals surface area contributed by atoms with Crippen molar-refractivity contribution in [1.29, 1.82) is 0 Å². The van der Waals surface area contributed by atoms with Crippen LogP contribution in [0.2, 0.25) is 0 Å². The largest absolute Gasteiger partial charge is 0.396 e. The van der Waals surface area contributed by atoms with Gasteiger partial charge in [0.15, 0.2) is 0 Å². The monoisotopic (exact) mass is 140 g/mol. The molecular weight excluding hydrogens is 128 g/mol. The fraction of sp³-hybridized carbons (Fsp3) is 0.571. The summed E-state index contributed by atoms with van der Waals surface area (Å²) >= 11 is 0. The minimum absolute atomic E-state index is 0.246. The summed E-state index contributed by atoms with van der Waals surface area (Å²) in [6.45, 7) is 4.12. The second kappa shape index (κ2) is 3.46. The number of hydrogen-bond donors (Lipinski definition) is 1. The van der Waals surface area contributed by atoms with Crippen molar-refractivity contribution in [3.63, 3.8) is 0 Å². The zero-order chi connectivity index (χ0) is 7.40. The summed E-state index contributed by atoms with van der Waals surface area (Å²) in [7, 11) is 1.93. The quantitative estimate of drug-likeness (QED) is 0.601. The summed E-state index contributed by atoms with van der Waals surface area (Å²) < 4.78 is 0. The normalized spacial score (nSPS) is 17.0. The Morgan fingerprint density at radius 3 is 2.80 bits per heavy atom. The molecule has 0 aromatic carbocycles. The zero-order valence-corrected chi connectivity index (χ0v) is 6.12. The fourth-order valence-electron chi connectivity index (χ4n) is 0.815. The van der Waals surface area contributed by atoms with Crippen molar-refractivity contribution in [1.82, 2.24) is 9.80 Å². The highest BCUT2D eigenvalue weighted by Gasteiger charge is 2.08. The van der Waals surface area contributed by atoms with Crippen LogP contribution < -0.4 is 0 Å². The van der Waals surface area contributed by atoms with E-state index in [2.05, 4.69) is 6.67 Å². The molecule has 0 saturated heterocycles. The molecule has 0 unspecified atom stereocenters. The maximum Gasteiger partial charge on any atom is 0.207 e. The number of nitrogens with zero attached hydrogens (tertiary/aromatic N) is 2. The lowest BCUT2D eigenvalue weighted by Gasteiger charge is -2.14. The molecule has 0 bridgehead atoms. The van der Waals surface area contributed by atoms with Gasteiger partial charge in [-0.1, -0.05) is 0 Å². The Morgan fingerprint density at radius 1 is 1.50 bits per heavy atom. The fourth-order valence-corrected chi connectivity index (χ4v) is 0.815. The molecule has 0 atom stereocenters. The molecule has 0 amide bonds. The Bertz CT molecular complexity index is 125. The second-order valence-electron chi connectivity index (χ2n) is 2.28. The van der Waals surface area contributed by atoms with Crippen LogP contribution >= 0.6 is 0 Å². The lowest BCUT2D eigenvalue weighted by molar-refractivity contribution is 0.263. The van der Waals surface area contributed by atoms with E-state index < -0.39 is 0 Å². The Kier molecular flexibility index (Phi) is 2.57. The van der Waals surface area contributed by atoms with Gasteiger partial charge >= 0.3 is 0 Å². The van der Waals surface area contributed by atoms with Gasteiger partial charge in [0, 0.05) is 32.6 Å². The van der Waals surface area contributed by atoms with E-state index in [1.807, 2.05) is 29.2 Å². The summed E-state index contributed by atoms with van der Waals surface area (Å²) in [5.74, 6) is 0. The van der Waals surface area contributed by atoms with Crippen molar-refractivity contribution in [2.75, 3.05) is 20.2 Å². The number of aliphatic hydroxyl groups excluding tert-OH is 1. The molecule has 0 aromatic heterocycles. The van der Waals surface area contributed by atoms with Crippen LogP contribution in [0.3, 0.4) is 0 Å². The van der Waals surface area contributed by atoms with Crippen molar-refractivity contribution in [2.24, 2.45) is 0 Å². The van der Waals surface area contributed by atoms with Crippen LogP contribution in [0.4, 0.5) is 0 Å². The van der Waals surface area contributed by atoms with E-state index in [-0.39, 0.29) is 6.61 Å². The maximum atomic E-state index is 8.50. The average Bonchev–Trinajstić information content (AvgIpc) is 2.31. The number of hydrogen-bond acceptors (Lipinski definition) is 3. The van der Waals surface area contributed by atoms with Crippen molar-refractivity contribution in [2.45, 2.75) is 6.42 Å². The van der Waals surface area contributed by atoms with Gasteiger partial charge in [-0.15, -0.1) is 0 Å². The molecular formula is C7H12N2O. The highest BCUT2D eigenvalue weighted by molar-refractivity contribution is 4.94. The van der Waals surface area contributed by atoms with Gasteiger partial charge in [-0.25, -0.2) is 0 Å². The first-order valence-corrected chi connectivity index (χ1v) is 3.38. The molecule has 2 radical (unpaired) electrons. The molecule has 3 heteroatoms. The van der Waals surface area contributed by atoms with Gasteiger partial charge in [0.2, 0.25) is 6.67 Å². The molecule has 1 N–H and O–H groups in total. The summed E-state index contributed by atoms with van der Waals surface area (Å²) in [6, 6.07) is 0. The van der Waals surface area contributed by atoms with Gasteiger partial charge in [0.1, 0.15) is 0 Å². The topological polar surface area (TPSA) is 26.7 Å². The predicted molar refractivity (Wildman–Crippen MR) is 38.6 cm³/mol. The van der Waals surface area contributed by atoms with Crippen molar-refractivity contribution < 1.29 is 5.11 Å². The van der Waals surface area contributed by atoms with Gasteiger partial charge < -0.3 is 14.9 Å². The zero-order valence-electron chi connectivity index (χ0n) is 6.12. The van der Waals surface area contributed by atoms with Crippen LogP contribution in [-0.2, 0) is 0 Å². The molecule has 1 aliphatic rings. The molecule has 1 heterocycles. The van der Waals surface area contributed by atoms with Crippen LogP contribution in [0.25, 0.3) is 0 Å². The molecule has 1 rings (SSSR count). The Morgan fingerprint density at radius 2 is 2.30 bits per heavy atom. The molecule has 0 saturated carbocycles. The molecule has 3 nitrogen and oxygen atoms in total. The van der Waals surface area contributed by atoms with Gasteiger partial charge in [-0.3, -0.25) is 0 Å². The standard InChI is InChI=1S/C7H12N2O/c1-8-4-5-9(7-8)3-2-6-10/h4-5,10H,2-3,6H2,1H3. The predicted octanol–water partition coefficient (Wildman–Crippen LogP) is 0.0837. The van der Waals surface area contributed by atoms with Crippen LogP contribution in [0.1, 0.15) is 6.42 Å². The van der Waals surface area contributed by atoms with Crippen LogP contribution in [0.5, 0.6) is 0 Å². The number of aliphatic hydroxyl groups is 1. The molecule has 0 fully saturated rings. The minimum Gasteiger partial charge on any atom is -0.396 e. The minimum atomic E-state index is 0.246. The first-order valence-electron chi connectivity index (χ1n) is 3.38. The molecule has 1 aliphatic heterocycles. The van der Waals surface area contributed by atoms with E-state index in [1.54, 1.807) is 0 Å². The molecule has 56 valence electrons. The van der Waals surface area contributed by atoms with Gasteiger partial charge in [0.05, 0.1) is 0 Å². The molecule has 0 aliphatic carbocycles. The average molecular weight is 140 g/mol. The van der Waals surface area contributed by atoms with E-state index in [0.29, 0.717) is 0 Å². The Balaban J connectivity index is 2.14. The van der Waals surface area contributed by atoms with Crippen LogP contribution in [0, 0.1) is 6.67 Å². The third-order valence-corrected chi connectivity index (χ3v) is 1.31. The third-order valence-electron chi connectivity index (χ3n) is 1.31. The lowest BCUT2D eigenvalue weighted by Crippen LogP contribution is -2.18. The SMILES string of the molecule is CN1[C]N(CCCO)C=C1. The van der Waals surface area contributed by atoms with Crippen LogP contribution in [-0.4, -0.2) is 35.1 Å². The lowest BCUT2D eigenvalue weighted by atomic mass is 10.4. The van der Waals surface area contributed by atoms with Crippen LogP contribution in [0.15, 0.2) is 12.4 Å².